The first-order valence-electron chi connectivity index (χ1n) is 3.51. The molecule has 0 saturated carbocycles. The molecular weight excluding hydrogens is 174 g/mol. The van der Waals surface area contributed by atoms with Gasteiger partial charge in [0.05, 0.1) is 7.11 Å². The summed E-state index contributed by atoms with van der Waals surface area (Å²) in [7, 11) is 1.67. The molecule has 0 unspecified atom stereocenters. The van der Waals surface area contributed by atoms with Crippen molar-refractivity contribution >= 4 is 23.3 Å². The molecule has 1 N–H and O–H groups in total. The van der Waals surface area contributed by atoms with Crippen molar-refractivity contribution in [1.82, 2.24) is 4.98 Å². The van der Waals surface area contributed by atoms with E-state index in [1.165, 1.54) is 5.39 Å². The highest BCUT2D eigenvalue weighted by atomic mass is 35.5. The van der Waals surface area contributed by atoms with Crippen LogP contribution in [0.15, 0.2) is 30.5 Å². The van der Waals surface area contributed by atoms with Crippen LogP contribution in [0.3, 0.4) is 0 Å². The topological polar surface area (TPSA) is 25.0 Å². The number of aromatic nitrogens is 1. The third-order valence-electron chi connectivity index (χ3n) is 1.76. The van der Waals surface area contributed by atoms with Crippen molar-refractivity contribution in [3.05, 3.63) is 30.5 Å². The van der Waals surface area contributed by atoms with E-state index in [9.17, 15) is 0 Å². The quantitative estimate of drug-likeness (QED) is 0.723. The van der Waals surface area contributed by atoms with Crippen LogP contribution < -0.4 is 4.74 Å². The van der Waals surface area contributed by atoms with E-state index in [1.54, 1.807) is 7.11 Å². The Morgan fingerprint density at radius 3 is 2.83 bits per heavy atom. The summed E-state index contributed by atoms with van der Waals surface area (Å²) in [4.78, 5) is 3.12. The van der Waals surface area contributed by atoms with Crippen molar-refractivity contribution in [3.63, 3.8) is 0 Å². The summed E-state index contributed by atoms with van der Waals surface area (Å²) in [6.07, 6.45) is 1.92. The molecule has 2 rings (SSSR count). The molecule has 1 aromatic heterocycles. The third-order valence-corrected chi connectivity index (χ3v) is 1.76. The predicted octanol–water partition coefficient (Wildman–Crippen LogP) is 2.60. The largest absolute Gasteiger partial charge is 0.497 e. The van der Waals surface area contributed by atoms with E-state index >= 15 is 0 Å². The van der Waals surface area contributed by atoms with Gasteiger partial charge in [-0.25, -0.2) is 0 Å². The summed E-state index contributed by atoms with van der Waals surface area (Å²) in [5.74, 6) is 0.900. The number of ether oxygens (including phenoxy) is 1. The van der Waals surface area contributed by atoms with Gasteiger partial charge in [0, 0.05) is 17.1 Å². The Balaban J connectivity index is 0.000000720. The van der Waals surface area contributed by atoms with Gasteiger partial charge in [-0.2, -0.15) is 0 Å². The van der Waals surface area contributed by atoms with Crippen molar-refractivity contribution < 1.29 is 4.74 Å². The number of hydrogen-bond donors (Lipinski definition) is 1. The van der Waals surface area contributed by atoms with E-state index < -0.39 is 0 Å². The molecule has 0 spiro atoms. The van der Waals surface area contributed by atoms with Crippen LogP contribution >= 0.6 is 12.4 Å². The maximum absolute atomic E-state index is 5.08. The lowest BCUT2D eigenvalue weighted by Crippen LogP contribution is -1.80. The number of H-pyrrole nitrogens is 1. The Kier molecular flexibility index (Phi) is 2.61. The standard InChI is InChI=1S/C9H9NO.ClH/c1-11-8-2-3-9-7(6-8)4-5-10-9;/h2-6,10H,1H3;1H. The second-order valence-corrected chi connectivity index (χ2v) is 2.43. The van der Waals surface area contributed by atoms with E-state index in [0.29, 0.717) is 0 Å². The Bertz CT molecular complexity index is 369. The molecule has 0 saturated heterocycles. The molecule has 12 heavy (non-hydrogen) atoms. The zero-order valence-corrected chi connectivity index (χ0v) is 7.52. The smallest absolute Gasteiger partial charge is 0.119 e. The van der Waals surface area contributed by atoms with E-state index in [-0.39, 0.29) is 12.4 Å². The van der Waals surface area contributed by atoms with Crippen LogP contribution in [0.1, 0.15) is 0 Å². The lowest BCUT2D eigenvalue weighted by Gasteiger charge is -1.97. The number of methoxy groups -OCH3 is 1. The number of aromatic amines is 1. The number of halogens is 1. The third kappa shape index (κ3) is 1.38. The molecule has 0 aliphatic rings. The van der Waals surface area contributed by atoms with Crippen molar-refractivity contribution in [2.24, 2.45) is 0 Å². The Hall–Kier alpha value is -1.15. The molecule has 0 radical (unpaired) electrons. The average molecular weight is 184 g/mol. The summed E-state index contributed by atoms with van der Waals surface area (Å²) < 4.78 is 5.08. The Morgan fingerprint density at radius 1 is 1.25 bits per heavy atom. The molecule has 1 heterocycles. The van der Waals surface area contributed by atoms with Gasteiger partial charge in [-0.3, -0.25) is 0 Å². The normalized spacial score (nSPS) is 9.42. The molecule has 64 valence electrons. The van der Waals surface area contributed by atoms with Gasteiger partial charge in [-0.1, -0.05) is 0 Å². The van der Waals surface area contributed by atoms with Gasteiger partial charge in [0.2, 0.25) is 0 Å². The minimum absolute atomic E-state index is 0. The molecule has 0 aliphatic heterocycles. The molecular formula is C9H10ClNO. The highest BCUT2D eigenvalue weighted by Gasteiger charge is 1.94. The fourth-order valence-electron chi connectivity index (χ4n) is 1.16. The summed E-state index contributed by atoms with van der Waals surface area (Å²) in [6, 6.07) is 7.98. The van der Waals surface area contributed by atoms with Gasteiger partial charge >= 0.3 is 0 Å². The molecule has 0 fully saturated rings. The van der Waals surface area contributed by atoms with Crippen LogP contribution in [0.2, 0.25) is 0 Å². The SMILES string of the molecule is COc1ccc2[nH]ccc2c1.Cl. The van der Waals surface area contributed by atoms with Gasteiger partial charge in [-0.05, 0) is 24.3 Å². The minimum atomic E-state index is 0. The number of nitrogens with one attached hydrogen (secondary N) is 1. The zero-order chi connectivity index (χ0) is 7.68. The lowest BCUT2D eigenvalue weighted by atomic mass is 10.2. The van der Waals surface area contributed by atoms with Crippen LogP contribution in [0, 0.1) is 0 Å². The molecule has 2 aromatic rings. The fourth-order valence-corrected chi connectivity index (χ4v) is 1.16. The molecule has 1 aromatic carbocycles. The van der Waals surface area contributed by atoms with Crippen LogP contribution in [0.4, 0.5) is 0 Å². The second-order valence-electron chi connectivity index (χ2n) is 2.43. The first-order valence-corrected chi connectivity index (χ1v) is 3.51. The van der Waals surface area contributed by atoms with Gasteiger partial charge in [-0.15, -0.1) is 12.4 Å². The van der Waals surface area contributed by atoms with Gasteiger partial charge in [0.1, 0.15) is 5.75 Å². The van der Waals surface area contributed by atoms with Crippen LogP contribution in [-0.2, 0) is 0 Å². The maximum Gasteiger partial charge on any atom is 0.119 e. The van der Waals surface area contributed by atoms with Gasteiger partial charge < -0.3 is 9.72 Å². The van der Waals surface area contributed by atoms with Crippen LogP contribution in [0.5, 0.6) is 5.75 Å². The van der Waals surface area contributed by atoms with Crippen molar-refractivity contribution in [1.29, 1.82) is 0 Å². The summed E-state index contributed by atoms with van der Waals surface area (Å²) >= 11 is 0. The summed E-state index contributed by atoms with van der Waals surface area (Å²) in [5, 5.41) is 1.18. The van der Waals surface area contributed by atoms with Crippen molar-refractivity contribution in [2.75, 3.05) is 7.11 Å². The molecule has 0 atom stereocenters. The second kappa shape index (κ2) is 3.50. The summed E-state index contributed by atoms with van der Waals surface area (Å²) in [5.41, 5.74) is 1.14. The van der Waals surface area contributed by atoms with E-state index in [1.807, 2.05) is 30.5 Å². The Labute approximate surface area is 77.0 Å². The monoisotopic (exact) mass is 183 g/mol. The number of fused-ring (bicyclic) bond motifs is 1. The Morgan fingerprint density at radius 2 is 2.08 bits per heavy atom. The highest BCUT2D eigenvalue weighted by Crippen LogP contribution is 2.18. The zero-order valence-electron chi connectivity index (χ0n) is 6.70. The van der Waals surface area contributed by atoms with Crippen LogP contribution in [0.25, 0.3) is 10.9 Å². The highest BCUT2D eigenvalue weighted by molar-refractivity contribution is 5.85. The van der Waals surface area contributed by atoms with Crippen molar-refractivity contribution in [3.8, 4) is 5.75 Å². The van der Waals surface area contributed by atoms with Crippen molar-refractivity contribution in [2.45, 2.75) is 0 Å². The number of hydrogen-bond acceptors (Lipinski definition) is 1. The molecule has 0 bridgehead atoms. The van der Waals surface area contributed by atoms with E-state index in [4.69, 9.17) is 4.74 Å². The van der Waals surface area contributed by atoms with Gasteiger partial charge in [0.15, 0.2) is 0 Å². The average Bonchev–Trinajstić information content (AvgIpc) is 2.50. The first-order chi connectivity index (χ1) is 5.40. The number of rotatable bonds is 1. The molecule has 3 heteroatoms. The van der Waals surface area contributed by atoms with Gasteiger partial charge in [0.25, 0.3) is 0 Å². The molecule has 0 amide bonds. The maximum atomic E-state index is 5.08. The minimum Gasteiger partial charge on any atom is -0.497 e. The van der Waals surface area contributed by atoms with E-state index in [2.05, 4.69) is 4.98 Å². The van der Waals surface area contributed by atoms with E-state index in [0.717, 1.165) is 11.3 Å². The predicted molar refractivity (Wildman–Crippen MR) is 52.1 cm³/mol. The molecule has 2 nitrogen and oxygen atoms in total. The summed E-state index contributed by atoms with van der Waals surface area (Å²) in [6.45, 7) is 0. The number of benzene rings is 1. The van der Waals surface area contributed by atoms with Crippen LogP contribution in [-0.4, -0.2) is 12.1 Å². The first kappa shape index (κ1) is 8.94. The fraction of sp³-hybridized carbons (Fsp3) is 0.111. The lowest BCUT2D eigenvalue weighted by molar-refractivity contribution is 0.415. The molecule has 0 aliphatic carbocycles.